The number of hydrogen-bond donors (Lipinski definition) is 2. The summed E-state index contributed by atoms with van der Waals surface area (Å²) in [5.41, 5.74) is 2.89. The number of aromatic nitrogens is 1. The number of rotatable bonds is 6. The highest BCUT2D eigenvalue weighted by Crippen LogP contribution is 2.20. The Morgan fingerprint density at radius 2 is 2.26 bits per heavy atom. The molecule has 0 aliphatic heterocycles. The first-order chi connectivity index (χ1) is 8.93. The lowest BCUT2D eigenvalue weighted by molar-refractivity contribution is -0.137. The number of nitrogens with one attached hydrogen (secondary N) is 1. The van der Waals surface area contributed by atoms with Crippen molar-refractivity contribution in [3.05, 3.63) is 23.0 Å². The lowest BCUT2D eigenvalue weighted by Crippen LogP contribution is -2.17. The molecule has 0 amide bonds. The van der Waals surface area contributed by atoms with Gasteiger partial charge in [-0.3, -0.25) is 9.78 Å². The molecule has 0 aromatic carbocycles. The van der Waals surface area contributed by atoms with Gasteiger partial charge >= 0.3 is 5.97 Å². The van der Waals surface area contributed by atoms with Crippen molar-refractivity contribution >= 4 is 11.7 Å². The van der Waals surface area contributed by atoms with Gasteiger partial charge in [0.1, 0.15) is 6.07 Å². The van der Waals surface area contributed by atoms with E-state index in [2.05, 4.69) is 16.4 Å². The first-order valence-electron chi connectivity index (χ1n) is 6.30. The molecule has 1 aromatic rings. The summed E-state index contributed by atoms with van der Waals surface area (Å²) in [6.45, 7) is 5.67. The molecule has 0 aliphatic carbocycles. The molecular weight excluding hydrogens is 242 g/mol. The minimum atomic E-state index is -0.777. The Balaban J connectivity index is 2.71. The van der Waals surface area contributed by atoms with Gasteiger partial charge in [0.15, 0.2) is 0 Å². The predicted molar refractivity (Wildman–Crippen MR) is 73.0 cm³/mol. The quantitative estimate of drug-likeness (QED) is 0.822. The predicted octanol–water partition coefficient (Wildman–Crippen LogP) is 2.63. The Kier molecular flexibility index (Phi) is 5.31. The van der Waals surface area contributed by atoms with E-state index in [1.807, 2.05) is 26.8 Å². The third kappa shape index (κ3) is 4.59. The number of anilines is 1. The van der Waals surface area contributed by atoms with Crippen molar-refractivity contribution in [2.24, 2.45) is 0 Å². The number of nitriles is 1. The number of carboxylic acids is 1. The summed E-state index contributed by atoms with van der Waals surface area (Å²) < 4.78 is 0. The number of carboxylic acid groups (broad SMARTS) is 1. The van der Waals surface area contributed by atoms with Crippen LogP contribution in [-0.4, -0.2) is 22.1 Å². The monoisotopic (exact) mass is 261 g/mol. The number of carbonyl (C=O) groups is 1. The second-order valence-electron chi connectivity index (χ2n) is 4.71. The van der Waals surface area contributed by atoms with E-state index < -0.39 is 5.97 Å². The molecule has 0 spiro atoms. The largest absolute Gasteiger partial charge is 0.481 e. The second kappa shape index (κ2) is 6.74. The van der Waals surface area contributed by atoms with Gasteiger partial charge in [-0.25, -0.2) is 0 Å². The Morgan fingerprint density at radius 1 is 1.58 bits per heavy atom. The molecule has 1 aromatic heterocycles. The van der Waals surface area contributed by atoms with E-state index in [1.54, 1.807) is 0 Å². The molecule has 1 rings (SSSR count). The Labute approximate surface area is 113 Å². The van der Waals surface area contributed by atoms with Gasteiger partial charge in [-0.05, 0) is 39.7 Å². The number of hydrogen-bond acceptors (Lipinski definition) is 4. The molecule has 5 nitrogen and oxygen atoms in total. The molecule has 0 fully saturated rings. The van der Waals surface area contributed by atoms with Crippen molar-refractivity contribution in [2.75, 3.05) is 5.32 Å². The molecule has 1 heterocycles. The van der Waals surface area contributed by atoms with Crippen molar-refractivity contribution < 1.29 is 9.90 Å². The third-order valence-corrected chi connectivity index (χ3v) is 2.87. The minimum absolute atomic E-state index is 0.118. The fourth-order valence-corrected chi connectivity index (χ4v) is 1.98. The van der Waals surface area contributed by atoms with Gasteiger partial charge in [0.25, 0.3) is 0 Å². The van der Waals surface area contributed by atoms with E-state index in [9.17, 15) is 4.79 Å². The van der Waals surface area contributed by atoms with E-state index in [0.717, 1.165) is 17.8 Å². The van der Waals surface area contributed by atoms with Gasteiger partial charge in [0.05, 0.1) is 16.9 Å². The van der Waals surface area contributed by atoms with Crippen LogP contribution in [0.3, 0.4) is 0 Å². The van der Waals surface area contributed by atoms with Crippen LogP contribution in [0.5, 0.6) is 0 Å². The van der Waals surface area contributed by atoms with E-state index in [0.29, 0.717) is 17.7 Å². The van der Waals surface area contributed by atoms with Gasteiger partial charge in [0.2, 0.25) is 0 Å². The highest BCUT2D eigenvalue weighted by Gasteiger charge is 2.11. The van der Waals surface area contributed by atoms with E-state index in [4.69, 9.17) is 10.4 Å². The first kappa shape index (κ1) is 15.0. The normalized spacial score (nSPS) is 11.7. The highest BCUT2D eigenvalue weighted by atomic mass is 16.4. The molecule has 1 atom stereocenters. The summed E-state index contributed by atoms with van der Waals surface area (Å²) in [5.74, 6) is -0.777. The topological polar surface area (TPSA) is 86.0 Å². The summed E-state index contributed by atoms with van der Waals surface area (Å²) >= 11 is 0. The molecule has 102 valence electrons. The van der Waals surface area contributed by atoms with Crippen molar-refractivity contribution in [1.29, 1.82) is 5.26 Å². The van der Waals surface area contributed by atoms with Crippen LogP contribution in [0.15, 0.2) is 6.07 Å². The fraction of sp³-hybridized carbons (Fsp3) is 0.500. The standard InChI is InChI=1S/C14H19N3O2/c1-9(5-4-6-14(18)19)17-13-7-10(2)16-11(3)12(13)8-15/h7,9H,4-6H2,1-3H3,(H,16,17)(H,18,19). The van der Waals surface area contributed by atoms with Crippen molar-refractivity contribution in [2.45, 2.75) is 46.1 Å². The van der Waals surface area contributed by atoms with E-state index in [1.165, 1.54) is 0 Å². The fourth-order valence-electron chi connectivity index (χ4n) is 1.98. The smallest absolute Gasteiger partial charge is 0.303 e. The summed E-state index contributed by atoms with van der Waals surface area (Å²) in [6.07, 6.45) is 1.54. The molecular formula is C14H19N3O2. The lowest BCUT2D eigenvalue weighted by Gasteiger charge is -2.17. The summed E-state index contributed by atoms with van der Waals surface area (Å²) in [5, 5.41) is 21.0. The summed E-state index contributed by atoms with van der Waals surface area (Å²) in [6, 6.07) is 4.12. The first-order valence-corrected chi connectivity index (χ1v) is 6.30. The van der Waals surface area contributed by atoms with Crippen LogP contribution in [0.25, 0.3) is 0 Å². The zero-order chi connectivity index (χ0) is 14.4. The number of pyridine rings is 1. The van der Waals surface area contributed by atoms with Crippen LogP contribution in [-0.2, 0) is 4.79 Å². The summed E-state index contributed by atoms with van der Waals surface area (Å²) in [4.78, 5) is 14.7. The van der Waals surface area contributed by atoms with Gasteiger partial charge in [-0.2, -0.15) is 5.26 Å². The molecule has 0 aliphatic rings. The SMILES string of the molecule is Cc1cc(NC(C)CCCC(=O)O)c(C#N)c(C)n1. The Bertz CT molecular complexity index is 506. The zero-order valence-corrected chi connectivity index (χ0v) is 11.5. The average molecular weight is 261 g/mol. The second-order valence-corrected chi connectivity index (χ2v) is 4.71. The van der Waals surface area contributed by atoms with Gasteiger partial charge in [-0.15, -0.1) is 0 Å². The number of nitrogens with zero attached hydrogens (tertiary/aromatic N) is 2. The van der Waals surface area contributed by atoms with Crippen LogP contribution in [0, 0.1) is 25.2 Å². The molecule has 0 bridgehead atoms. The van der Waals surface area contributed by atoms with Crippen molar-refractivity contribution in [1.82, 2.24) is 4.98 Å². The molecule has 5 heteroatoms. The van der Waals surface area contributed by atoms with Crippen molar-refractivity contribution in [3.8, 4) is 6.07 Å². The maximum absolute atomic E-state index is 10.5. The van der Waals surface area contributed by atoms with Crippen LogP contribution in [0.1, 0.15) is 43.1 Å². The van der Waals surface area contributed by atoms with Gasteiger partial charge in [-0.1, -0.05) is 0 Å². The van der Waals surface area contributed by atoms with Crippen LogP contribution >= 0.6 is 0 Å². The minimum Gasteiger partial charge on any atom is -0.481 e. The van der Waals surface area contributed by atoms with E-state index >= 15 is 0 Å². The maximum Gasteiger partial charge on any atom is 0.303 e. The third-order valence-electron chi connectivity index (χ3n) is 2.87. The van der Waals surface area contributed by atoms with Gasteiger partial charge in [0, 0.05) is 18.2 Å². The Morgan fingerprint density at radius 3 is 2.84 bits per heavy atom. The molecule has 2 N–H and O–H groups in total. The van der Waals surface area contributed by atoms with Gasteiger partial charge < -0.3 is 10.4 Å². The zero-order valence-electron chi connectivity index (χ0n) is 11.5. The van der Waals surface area contributed by atoms with Crippen LogP contribution in [0.2, 0.25) is 0 Å². The lowest BCUT2D eigenvalue weighted by atomic mass is 10.1. The number of aryl methyl sites for hydroxylation is 2. The molecule has 0 saturated carbocycles. The maximum atomic E-state index is 10.5. The molecule has 0 saturated heterocycles. The highest BCUT2D eigenvalue weighted by molar-refractivity contribution is 5.66. The molecule has 19 heavy (non-hydrogen) atoms. The average Bonchev–Trinajstić information content (AvgIpc) is 2.27. The summed E-state index contributed by atoms with van der Waals surface area (Å²) in [7, 11) is 0. The molecule has 0 radical (unpaired) electrons. The van der Waals surface area contributed by atoms with E-state index in [-0.39, 0.29) is 12.5 Å². The number of aliphatic carboxylic acids is 1. The van der Waals surface area contributed by atoms with Crippen LogP contribution < -0.4 is 5.32 Å². The Hall–Kier alpha value is -2.09. The molecule has 1 unspecified atom stereocenters. The van der Waals surface area contributed by atoms with Crippen LogP contribution in [0.4, 0.5) is 5.69 Å². The van der Waals surface area contributed by atoms with Crippen molar-refractivity contribution in [3.63, 3.8) is 0 Å².